The molecule has 0 spiro atoms. The molecule has 0 saturated heterocycles. The molecule has 0 saturated carbocycles. The standard InChI is InChI=1S/C73H126O6/c1-4-7-10-13-16-19-22-25-28-31-34-35-36-37-38-40-42-45-48-51-54-57-60-63-66-72(75)78-69-70(68-77-71(74)65-62-59-56-53-50-47-44-41-33-30-27-24-21-18-15-12-9-6-3)79-73(76)67-64-61-58-55-52-49-46-43-39-32-29-26-23-20-17-14-11-8-5-2/h8,11,17,20-21,24,26,29-30,33,39,43,49,52,58,61,70H,4-7,9-10,12-16,18-19,22-23,25,27-28,31-32,34-38,40-42,44-48,50-51,53-57,59-60,62-69H2,1-3H3/b11-8-,20-17-,24-21-,29-26-,33-30-,43-39-,52-49-,61-58-. The average molecular weight is 1100 g/mol. The molecule has 1 atom stereocenters. The topological polar surface area (TPSA) is 78.9 Å². The van der Waals surface area contributed by atoms with Crippen LogP contribution in [0, 0.1) is 0 Å². The first-order chi connectivity index (χ1) is 39.0. The normalized spacial score (nSPS) is 12.7. The highest BCUT2D eigenvalue weighted by molar-refractivity contribution is 5.71. The average Bonchev–Trinajstić information content (AvgIpc) is 3.45. The Labute approximate surface area is 489 Å². The van der Waals surface area contributed by atoms with Gasteiger partial charge in [0.05, 0.1) is 0 Å². The van der Waals surface area contributed by atoms with Gasteiger partial charge in [-0.25, -0.2) is 0 Å². The lowest BCUT2D eigenvalue weighted by molar-refractivity contribution is -0.166. The number of carbonyl (C=O) groups is 3. The Morgan fingerprint density at radius 2 is 0.519 bits per heavy atom. The van der Waals surface area contributed by atoms with Crippen molar-refractivity contribution in [3.63, 3.8) is 0 Å². The van der Waals surface area contributed by atoms with E-state index < -0.39 is 12.1 Å². The molecule has 0 aliphatic heterocycles. The summed E-state index contributed by atoms with van der Waals surface area (Å²) in [4.78, 5) is 38.4. The first-order valence-corrected chi connectivity index (χ1v) is 33.7. The van der Waals surface area contributed by atoms with Crippen LogP contribution in [0.25, 0.3) is 0 Å². The highest BCUT2D eigenvalue weighted by Crippen LogP contribution is 2.17. The van der Waals surface area contributed by atoms with Crippen molar-refractivity contribution in [1.29, 1.82) is 0 Å². The lowest BCUT2D eigenvalue weighted by Crippen LogP contribution is -2.30. The summed E-state index contributed by atoms with van der Waals surface area (Å²) in [5.41, 5.74) is 0. The summed E-state index contributed by atoms with van der Waals surface area (Å²) in [6, 6.07) is 0. The van der Waals surface area contributed by atoms with Gasteiger partial charge in [-0.2, -0.15) is 0 Å². The number of hydrogen-bond donors (Lipinski definition) is 0. The molecule has 0 heterocycles. The summed E-state index contributed by atoms with van der Waals surface area (Å²) in [5.74, 6) is -0.987. The van der Waals surface area contributed by atoms with E-state index >= 15 is 0 Å². The third-order valence-corrected chi connectivity index (χ3v) is 14.6. The van der Waals surface area contributed by atoms with Gasteiger partial charge in [-0.05, 0) is 89.9 Å². The second-order valence-corrected chi connectivity index (χ2v) is 22.4. The van der Waals surface area contributed by atoms with E-state index in [0.717, 1.165) is 89.9 Å². The van der Waals surface area contributed by atoms with E-state index in [4.69, 9.17) is 14.2 Å². The van der Waals surface area contributed by atoms with E-state index in [0.29, 0.717) is 19.3 Å². The van der Waals surface area contributed by atoms with Gasteiger partial charge in [0.1, 0.15) is 13.2 Å². The fraction of sp³-hybridized carbons (Fsp3) is 0.740. The molecular weight excluding hydrogens is 973 g/mol. The second-order valence-electron chi connectivity index (χ2n) is 22.4. The molecule has 0 amide bonds. The van der Waals surface area contributed by atoms with Crippen LogP contribution < -0.4 is 0 Å². The Balaban J connectivity index is 4.42. The van der Waals surface area contributed by atoms with Crippen LogP contribution in [-0.4, -0.2) is 37.2 Å². The van der Waals surface area contributed by atoms with E-state index in [1.807, 2.05) is 6.08 Å². The van der Waals surface area contributed by atoms with Crippen molar-refractivity contribution in [2.45, 2.75) is 335 Å². The zero-order chi connectivity index (χ0) is 57.1. The van der Waals surface area contributed by atoms with Gasteiger partial charge in [0, 0.05) is 19.3 Å². The maximum absolute atomic E-state index is 12.9. The maximum Gasteiger partial charge on any atom is 0.306 e. The predicted octanol–water partition coefficient (Wildman–Crippen LogP) is 23.2. The Morgan fingerprint density at radius 3 is 0.835 bits per heavy atom. The van der Waals surface area contributed by atoms with Crippen molar-refractivity contribution in [3.8, 4) is 0 Å². The van der Waals surface area contributed by atoms with Gasteiger partial charge in [0.2, 0.25) is 0 Å². The van der Waals surface area contributed by atoms with Crippen LogP contribution >= 0.6 is 0 Å². The summed E-state index contributed by atoms with van der Waals surface area (Å²) in [6.07, 6.45) is 90.1. The van der Waals surface area contributed by atoms with Crippen molar-refractivity contribution in [2.75, 3.05) is 13.2 Å². The van der Waals surface area contributed by atoms with Crippen LogP contribution in [0.3, 0.4) is 0 Å². The van der Waals surface area contributed by atoms with E-state index in [9.17, 15) is 14.4 Å². The van der Waals surface area contributed by atoms with Crippen molar-refractivity contribution in [1.82, 2.24) is 0 Å². The molecule has 0 aromatic rings. The lowest BCUT2D eigenvalue weighted by atomic mass is 10.0. The molecule has 0 aliphatic rings. The number of allylic oxidation sites excluding steroid dienone is 16. The van der Waals surface area contributed by atoms with Crippen molar-refractivity contribution in [2.24, 2.45) is 0 Å². The first kappa shape index (κ1) is 75.3. The summed E-state index contributed by atoms with van der Waals surface area (Å²) in [6.45, 7) is 6.48. The van der Waals surface area contributed by atoms with Crippen LogP contribution in [0.15, 0.2) is 97.2 Å². The third-order valence-electron chi connectivity index (χ3n) is 14.6. The molecule has 6 heteroatoms. The fourth-order valence-electron chi connectivity index (χ4n) is 9.56. The van der Waals surface area contributed by atoms with Crippen molar-refractivity contribution in [3.05, 3.63) is 97.2 Å². The fourth-order valence-corrected chi connectivity index (χ4v) is 9.56. The molecule has 0 aromatic carbocycles. The number of carbonyl (C=O) groups excluding carboxylic acids is 3. The molecule has 454 valence electrons. The van der Waals surface area contributed by atoms with Crippen LogP contribution in [0.1, 0.15) is 329 Å². The van der Waals surface area contributed by atoms with E-state index in [2.05, 4.69) is 112 Å². The molecular formula is C73H126O6. The highest BCUT2D eigenvalue weighted by atomic mass is 16.6. The lowest BCUT2D eigenvalue weighted by Gasteiger charge is -2.18. The monoisotopic (exact) mass is 1100 g/mol. The number of hydrogen-bond acceptors (Lipinski definition) is 6. The molecule has 0 fully saturated rings. The smallest absolute Gasteiger partial charge is 0.306 e. The van der Waals surface area contributed by atoms with Gasteiger partial charge in [0.15, 0.2) is 6.10 Å². The largest absolute Gasteiger partial charge is 0.462 e. The van der Waals surface area contributed by atoms with Crippen LogP contribution in [-0.2, 0) is 28.6 Å². The highest BCUT2D eigenvalue weighted by Gasteiger charge is 2.19. The Kier molecular flexibility index (Phi) is 63.7. The number of esters is 3. The first-order valence-electron chi connectivity index (χ1n) is 33.7. The quantitative estimate of drug-likeness (QED) is 0.0261. The summed E-state index contributed by atoms with van der Waals surface area (Å²) >= 11 is 0. The summed E-state index contributed by atoms with van der Waals surface area (Å²) in [7, 11) is 0. The molecule has 0 bridgehead atoms. The van der Waals surface area contributed by atoms with Gasteiger partial charge in [-0.1, -0.05) is 317 Å². The number of ether oxygens (including phenoxy) is 3. The zero-order valence-electron chi connectivity index (χ0n) is 52.1. The summed E-state index contributed by atoms with van der Waals surface area (Å²) < 4.78 is 16.9. The van der Waals surface area contributed by atoms with Gasteiger partial charge in [-0.15, -0.1) is 0 Å². The minimum Gasteiger partial charge on any atom is -0.462 e. The van der Waals surface area contributed by atoms with Gasteiger partial charge in [0.25, 0.3) is 0 Å². The predicted molar refractivity (Wildman–Crippen MR) is 344 cm³/mol. The molecule has 0 aliphatic carbocycles. The number of unbranched alkanes of at least 4 members (excludes halogenated alkanes) is 34. The van der Waals surface area contributed by atoms with E-state index in [-0.39, 0.29) is 31.6 Å². The van der Waals surface area contributed by atoms with Crippen LogP contribution in [0.5, 0.6) is 0 Å². The van der Waals surface area contributed by atoms with Gasteiger partial charge >= 0.3 is 17.9 Å². The van der Waals surface area contributed by atoms with Crippen LogP contribution in [0.4, 0.5) is 0 Å². The SMILES string of the molecule is CC/C=C\C/C=C\C/C=C\C/C=C\C/C=C\C/C=C\CCC(=O)OC(COC(=O)CCCCCCCCC/C=C\C/C=C\CCCCCC)COC(=O)CCCCCCCCCCCCCCCCCCCCCCCCCC. The number of rotatable bonds is 61. The van der Waals surface area contributed by atoms with Gasteiger partial charge < -0.3 is 14.2 Å². The minimum absolute atomic E-state index is 0.108. The third kappa shape index (κ3) is 65.0. The Morgan fingerprint density at radius 1 is 0.266 bits per heavy atom. The zero-order valence-corrected chi connectivity index (χ0v) is 52.1. The molecule has 6 nitrogen and oxygen atoms in total. The second kappa shape index (κ2) is 66.8. The van der Waals surface area contributed by atoms with E-state index in [1.165, 1.54) is 193 Å². The van der Waals surface area contributed by atoms with Crippen molar-refractivity contribution >= 4 is 17.9 Å². The molecule has 1 unspecified atom stereocenters. The van der Waals surface area contributed by atoms with E-state index in [1.54, 1.807) is 0 Å². The molecule has 0 N–H and O–H groups in total. The molecule has 0 radical (unpaired) electrons. The maximum atomic E-state index is 12.9. The van der Waals surface area contributed by atoms with Crippen molar-refractivity contribution < 1.29 is 28.6 Å². The minimum atomic E-state index is -0.823. The Bertz CT molecular complexity index is 1540. The van der Waals surface area contributed by atoms with Gasteiger partial charge in [-0.3, -0.25) is 14.4 Å². The van der Waals surface area contributed by atoms with Crippen LogP contribution in [0.2, 0.25) is 0 Å². The Hall–Kier alpha value is -3.67. The summed E-state index contributed by atoms with van der Waals surface area (Å²) in [5, 5.41) is 0. The molecule has 0 rings (SSSR count). The molecule has 0 aromatic heterocycles. The molecule has 79 heavy (non-hydrogen) atoms.